The fourth-order valence-electron chi connectivity index (χ4n) is 4.59. The van der Waals surface area contributed by atoms with Crippen molar-refractivity contribution in [2.45, 2.75) is 31.8 Å². The Morgan fingerprint density at radius 3 is 2.65 bits per heavy atom. The van der Waals surface area contributed by atoms with Gasteiger partial charge in [-0.05, 0) is 56.3 Å². The molecule has 2 bridgehead atoms. The maximum Gasteiger partial charge on any atom is 0.244 e. The molecule has 0 amide bonds. The average molecular weight is 360 g/mol. The van der Waals surface area contributed by atoms with E-state index < -0.39 is 11.6 Å². The van der Waals surface area contributed by atoms with Gasteiger partial charge < -0.3 is 15.5 Å². The summed E-state index contributed by atoms with van der Waals surface area (Å²) in [5.41, 5.74) is 0.603. The quantitative estimate of drug-likeness (QED) is 0.881. The Balaban J connectivity index is 1.42. The number of aryl methyl sites for hydroxylation is 1. The lowest BCUT2D eigenvalue weighted by molar-refractivity contribution is 0.341. The fourth-order valence-corrected chi connectivity index (χ4v) is 4.59. The van der Waals surface area contributed by atoms with E-state index in [4.69, 9.17) is 0 Å². The van der Waals surface area contributed by atoms with Gasteiger partial charge in [-0.15, -0.1) is 5.10 Å². The standard InChI is InChI=1S/C18H22F2N6/c19-14-5-4-13(8-15(14)20)25-6-1-7-26-18(25)23-17(24-26)22-16-11-2-3-12(16)10-21-9-11/h4-5,8,11-12,16,21H,1-3,6-7,9-10H2,(H,22,24). The molecular formula is C18H22F2N6. The minimum Gasteiger partial charge on any atom is -0.349 e. The molecule has 2 fully saturated rings. The summed E-state index contributed by atoms with van der Waals surface area (Å²) in [6, 6.07) is 4.38. The Hall–Kier alpha value is -2.22. The van der Waals surface area contributed by atoms with Crippen molar-refractivity contribution in [2.75, 3.05) is 29.9 Å². The molecule has 1 aliphatic carbocycles. The number of hydrogen-bond acceptors (Lipinski definition) is 5. The molecule has 3 aliphatic rings. The molecule has 5 rings (SSSR count). The smallest absolute Gasteiger partial charge is 0.244 e. The first kappa shape index (κ1) is 16.0. The Morgan fingerprint density at radius 1 is 1.08 bits per heavy atom. The van der Waals surface area contributed by atoms with Crippen LogP contribution < -0.4 is 15.5 Å². The van der Waals surface area contributed by atoms with Gasteiger partial charge in [-0.1, -0.05) is 0 Å². The topological polar surface area (TPSA) is 58.0 Å². The summed E-state index contributed by atoms with van der Waals surface area (Å²) < 4.78 is 28.8. The van der Waals surface area contributed by atoms with Crippen LogP contribution in [0.25, 0.3) is 0 Å². The third kappa shape index (κ3) is 2.63. The molecular weight excluding hydrogens is 338 g/mol. The monoisotopic (exact) mass is 360 g/mol. The summed E-state index contributed by atoms with van der Waals surface area (Å²) in [5.74, 6) is 0.886. The van der Waals surface area contributed by atoms with Crippen LogP contribution in [0.1, 0.15) is 19.3 Å². The highest BCUT2D eigenvalue weighted by atomic mass is 19.2. The summed E-state index contributed by atoms with van der Waals surface area (Å²) in [5, 5.41) is 11.7. The Morgan fingerprint density at radius 2 is 1.88 bits per heavy atom. The van der Waals surface area contributed by atoms with E-state index in [1.54, 1.807) is 6.07 Å². The van der Waals surface area contributed by atoms with E-state index in [0.29, 0.717) is 42.0 Å². The zero-order valence-electron chi connectivity index (χ0n) is 14.5. The van der Waals surface area contributed by atoms with Crippen molar-refractivity contribution in [1.29, 1.82) is 0 Å². The number of rotatable bonds is 3. The molecule has 3 heterocycles. The van der Waals surface area contributed by atoms with E-state index in [1.807, 2.05) is 9.58 Å². The molecule has 1 aromatic carbocycles. The van der Waals surface area contributed by atoms with E-state index in [1.165, 1.54) is 18.9 Å². The number of anilines is 3. The van der Waals surface area contributed by atoms with E-state index in [2.05, 4.69) is 20.7 Å². The van der Waals surface area contributed by atoms with Crippen LogP contribution in [0.2, 0.25) is 0 Å². The van der Waals surface area contributed by atoms with E-state index >= 15 is 0 Å². The molecule has 0 radical (unpaired) electrons. The number of benzene rings is 1. The van der Waals surface area contributed by atoms with Crippen LogP contribution in [0, 0.1) is 23.5 Å². The molecule has 1 saturated carbocycles. The van der Waals surface area contributed by atoms with Gasteiger partial charge in [-0.25, -0.2) is 13.5 Å². The Bertz CT molecular complexity index is 806. The first-order chi connectivity index (χ1) is 12.7. The Kier molecular flexibility index (Phi) is 3.81. The van der Waals surface area contributed by atoms with Gasteiger partial charge in [-0.3, -0.25) is 0 Å². The largest absolute Gasteiger partial charge is 0.349 e. The zero-order chi connectivity index (χ0) is 17.7. The Labute approximate surface area is 150 Å². The van der Waals surface area contributed by atoms with Gasteiger partial charge in [0.25, 0.3) is 0 Å². The van der Waals surface area contributed by atoms with E-state index in [9.17, 15) is 8.78 Å². The molecule has 2 aromatic rings. The van der Waals surface area contributed by atoms with Crippen LogP contribution in [0.5, 0.6) is 0 Å². The van der Waals surface area contributed by atoms with Gasteiger partial charge in [-0.2, -0.15) is 4.98 Å². The van der Waals surface area contributed by atoms with Gasteiger partial charge in [0.2, 0.25) is 11.9 Å². The second-order valence-electron chi connectivity index (χ2n) is 7.49. The average Bonchev–Trinajstić information content (AvgIpc) is 3.13. The summed E-state index contributed by atoms with van der Waals surface area (Å²) >= 11 is 0. The molecule has 1 aromatic heterocycles. The lowest BCUT2D eigenvalue weighted by atomic mass is 9.94. The minimum absolute atomic E-state index is 0.414. The van der Waals surface area contributed by atoms with Crippen LogP contribution in [0.15, 0.2) is 18.2 Å². The predicted molar refractivity (Wildman–Crippen MR) is 94.5 cm³/mol. The van der Waals surface area contributed by atoms with Crippen molar-refractivity contribution < 1.29 is 8.78 Å². The van der Waals surface area contributed by atoms with Crippen LogP contribution in [-0.4, -0.2) is 40.4 Å². The number of fused-ring (bicyclic) bond motifs is 3. The maximum atomic E-state index is 13.7. The summed E-state index contributed by atoms with van der Waals surface area (Å²) in [7, 11) is 0. The molecule has 1 saturated heterocycles. The molecule has 6 nitrogen and oxygen atoms in total. The van der Waals surface area contributed by atoms with E-state index in [0.717, 1.165) is 32.1 Å². The number of nitrogens with one attached hydrogen (secondary N) is 2. The van der Waals surface area contributed by atoms with Gasteiger partial charge in [0.15, 0.2) is 11.6 Å². The highest BCUT2D eigenvalue weighted by molar-refractivity contribution is 5.59. The van der Waals surface area contributed by atoms with Gasteiger partial charge >= 0.3 is 0 Å². The van der Waals surface area contributed by atoms with Crippen molar-refractivity contribution in [1.82, 2.24) is 20.1 Å². The van der Waals surface area contributed by atoms with Crippen molar-refractivity contribution in [3.05, 3.63) is 29.8 Å². The van der Waals surface area contributed by atoms with Crippen LogP contribution in [0.4, 0.5) is 26.4 Å². The highest BCUT2D eigenvalue weighted by Crippen LogP contribution is 2.36. The highest BCUT2D eigenvalue weighted by Gasteiger charge is 2.39. The van der Waals surface area contributed by atoms with Gasteiger partial charge in [0.1, 0.15) is 0 Å². The summed E-state index contributed by atoms with van der Waals surface area (Å²) in [4.78, 5) is 6.59. The van der Waals surface area contributed by atoms with Crippen molar-refractivity contribution >= 4 is 17.6 Å². The second kappa shape index (κ2) is 6.19. The van der Waals surface area contributed by atoms with Crippen LogP contribution in [-0.2, 0) is 6.54 Å². The first-order valence-corrected chi connectivity index (χ1v) is 9.34. The van der Waals surface area contributed by atoms with Crippen LogP contribution >= 0.6 is 0 Å². The number of halogens is 2. The number of piperidine rings is 1. The van der Waals surface area contributed by atoms with Gasteiger partial charge in [0.05, 0.1) is 0 Å². The SMILES string of the molecule is Fc1ccc(N2CCCn3nc(NC4C5CCC4CNC5)nc32)cc1F. The normalized spacial score (nSPS) is 27.5. The maximum absolute atomic E-state index is 13.7. The van der Waals surface area contributed by atoms with E-state index in [-0.39, 0.29) is 0 Å². The fraction of sp³-hybridized carbons (Fsp3) is 0.556. The lowest BCUT2D eigenvalue weighted by Gasteiger charge is -2.31. The third-order valence-corrected chi connectivity index (χ3v) is 5.89. The lowest BCUT2D eigenvalue weighted by Crippen LogP contribution is -2.45. The third-order valence-electron chi connectivity index (χ3n) is 5.89. The van der Waals surface area contributed by atoms with Crippen molar-refractivity contribution in [3.8, 4) is 0 Å². The predicted octanol–water partition coefficient (Wildman–Crippen LogP) is 2.51. The minimum atomic E-state index is -0.844. The van der Waals surface area contributed by atoms with Crippen molar-refractivity contribution in [3.63, 3.8) is 0 Å². The van der Waals surface area contributed by atoms with Gasteiger partial charge in [0, 0.05) is 30.9 Å². The number of hydrogen-bond donors (Lipinski definition) is 2. The molecule has 2 aliphatic heterocycles. The molecule has 138 valence electrons. The summed E-state index contributed by atoms with van der Waals surface area (Å²) in [6.45, 7) is 3.58. The van der Waals surface area contributed by atoms with Crippen LogP contribution in [0.3, 0.4) is 0 Å². The zero-order valence-corrected chi connectivity index (χ0v) is 14.5. The second-order valence-corrected chi connectivity index (χ2v) is 7.49. The molecule has 26 heavy (non-hydrogen) atoms. The first-order valence-electron chi connectivity index (χ1n) is 9.34. The molecule has 2 N–H and O–H groups in total. The molecule has 8 heteroatoms. The summed E-state index contributed by atoms with van der Waals surface area (Å²) in [6.07, 6.45) is 3.36. The molecule has 0 spiro atoms. The molecule has 2 atom stereocenters. The number of aromatic nitrogens is 3. The van der Waals surface area contributed by atoms with Crippen molar-refractivity contribution in [2.24, 2.45) is 11.8 Å². The molecule has 2 unspecified atom stereocenters. The number of nitrogens with zero attached hydrogens (tertiary/aromatic N) is 4.